The summed E-state index contributed by atoms with van der Waals surface area (Å²) in [6.07, 6.45) is 8.45. The van der Waals surface area contributed by atoms with Gasteiger partial charge in [0.05, 0.1) is 6.26 Å². The van der Waals surface area contributed by atoms with E-state index in [4.69, 9.17) is 4.42 Å². The van der Waals surface area contributed by atoms with E-state index in [9.17, 15) is 4.79 Å². The maximum atomic E-state index is 11.8. The first-order chi connectivity index (χ1) is 11.3. The van der Waals surface area contributed by atoms with Gasteiger partial charge in [-0.2, -0.15) is 0 Å². The van der Waals surface area contributed by atoms with E-state index in [0.717, 1.165) is 22.5 Å². The Labute approximate surface area is 133 Å². The smallest absolute Gasteiger partial charge is 0.315 e. The molecule has 6 heteroatoms. The van der Waals surface area contributed by atoms with E-state index in [0.29, 0.717) is 13.1 Å². The molecule has 0 aliphatic carbocycles. The minimum atomic E-state index is -0.231. The van der Waals surface area contributed by atoms with Crippen LogP contribution in [0.15, 0.2) is 65.8 Å². The average Bonchev–Trinajstić information content (AvgIpc) is 3.14. The summed E-state index contributed by atoms with van der Waals surface area (Å²) in [7, 11) is 0. The number of furan rings is 1. The molecule has 0 saturated heterocycles. The summed E-state index contributed by atoms with van der Waals surface area (Å²) in [5, 5.41) is 5.60. The molecule has 3 aromatic heterocycles. The fourth-order valence-electron chi connectivity index (χ4n) is 2.09. The van der Waals surface area contributed by atoms with Crippen molar-refractivity contribution in [2.24, 2.45) is 0 Å². The highest BCUT2D eigenvalue weighted by molar-refractivity contribution is 5.73. The van der Waals surface area contributed by atoms with Crippen LogP contribution >= 0.6 is 0 Å². The van der Waals surface area contributed by atoms with Crippen LogP contribution in [0.2, 0.25) is 0 Å². The van der Waals surface area contributed by atoms with Crippen molar-refractivity contribution in [3.05, 3.63) is 72.5 Å². The Balaban J connectivity index is 1.52. The maximum Gasteiger partial charge on any atom is 0.315 e. The lowest BCUT2D eigenvalue weighted by molar-refractivity contribution is 0.240. The number of urea groups is 1. The van der Waals surface area contributed by atoms with Crippen molar-refractivity contribution in [1.82, 2.24) is 20.6 Å². The highest BCUT2D eigenvalue weighted by atomic mass is 16.3. The van der Waals surface area contributed by atoms with Crippen molar-refractivity contribution in [2.45, 2.75) is 13.1 Å². The lowest BCUT2D eigenvalue weighted by atomic mass is 10.1. The Hall–Kier alpha value is -3.15. The molecular weight excluding hydrogens is 292 g/mol. The summed E-state index contributed by atoms with van der Waals surface area (Å²) < 4.78 is 5.34. The molecule has 2 N–H and O–H groups in total. The van der Waals surface area contributed by atoms with Gasteiger partial charge in [0.2, 0.25) is 0 Å². The van der Waals surface area contributed by atoms with Crippen LogP contribution in [-0.4, -0.2) is 16.0 Å². The van der Waals surface area contributed by atoms with Crippen LogP contribution in [0.25, 0.3) is 11.3 Å². The molecule has 3 rings (SSSR count). The number of nitrogens with one attached hydrogen (secondary N) is 2. The number of amides is 2. The highest BCUT2D eigenvalue weighted by Crippen LogP contribution is 2.19. The molecule has 0 unspecified atom stereocenters. The van der Waals surface area contributed by atoms with E-state index in [1.165, 1.54) is 0 Å². The zero-order valence-corrected chi connectivity index (χ0v) is 12.4. The molecule has 3 heterocycles. The molecule has 0 saturated carbocycles. The summed E-state index contributed by atoms with van der Waals surface area (Å²) in [6.45, 7) is 0.850. The van der Waals surface area contributed by atoms with Gasteiger partial charge in [-0.3, -0.25) is 9.97 Å². The molecule has 0 fully saturated rings. The van der Waals surface area contributed by atoms with E-state index in [2.05, 4.69) is 20.6 Å². The van der Waals surface area contributed by atoms with Crippen LogP contribution in [0, 0.1) is 0 Å². The summed E-state index contributed by atoms with van der Waals surface area (Å²) in [6, 6.07) is 9.12. The number of pyridine rings is 2. The Morgan fingerprint density at radius 1 is 1.00 bits per heavy atom. The third kappa shape index (κ3) is 4.16. The molecule has 0 aliphatic heterocycles. The van der Waals surface area contributed by atoms with Crippen molar-refractivity contribution in [1.29, 1.82) is 0 Å². The summed E-state index contributed by atoms with van der Waals surface area (Å²) >= 11 is 0. The Morgan fingerprint density at radius 2 is 1.78 bits per heavy atom. The van der Waals surface area contributed by atoms with Gasteiger partial charge < -0.3 is 15.1 Å². The summed E-state index contributed by atoms with van der Waals surface area (Å²) in [5.74, 6) is 0.751. The zero-order valence-electron chi connectivity index (χ0n) is 12.4. The second-order valence-electron chi connectivity index (χ2n) is 4.95. The molecule has 3 aromatic rings. The molecule has 0 bridgehead atoms. The van der Waals surface area contributed by atoms with Gasteiger partial charge in [-0.25, -0.2) is 4.79 Å². The first kappa shape index (κ1) is 14.8. The predicted molar refractivity (Wildman–Crippen MR) is 85.3 cm³/mol. The molecule has 0 spiro atoms. The molecule has 0 aromatic carbocycles. The number of rotatable bonds is 5. The number of aromatic nitrogens is 2. The van der Waals surface area contributed by atoms with Gasteiger partial charge in [0, 0.05) is 43.4 Å². The van der Waals surface area contributed by atoms with Gasteiger partial charge >= 0.3 is 6.03 Å². The SMILES string of the molecule is O=C(NCc1ccncc1)NCc1cncc(-c2ccco2)c1. The second-order valence-corrected chi connectivity index (χ2v) is 4.95. The number of carbonyl (C=O) groups is 1. The fraction of sp³-hybridized carbons (Fsp3) is 0.118. The minimum absolute atomic E-state index is 0.231. The molecule has 23 heavy (non-hydrogen) atoms. The molecule has 116 valence electrons. The molecule has 6 nitrogen and oxygen atoms in total. The van der Waals surface area contributed by atoms with Gasteiger partial charge in [0.25, 0.3) is 0 Å². The molecule has 0 radical (unpaired) electrons. The number of nitrogens with zero attached hydrogens (tertiary/aromatic N) is 2. The van der Waals surface area contributed by atoms with Crippen molar-refractivity contribution in [2.75, 3.05) is 0 Å². The minimum Gasteiger partial charge on any atom is -0.464 e. The molecule has 2 amide bonds. The Bertz CT molecular complexity index is 757. The van der Waals surface area contributed by atoms with Gasteiger partial charge in [0.15, 0.2) is 0 Å². The average molecular weight is 308 g/mol. The van der Waals surface area contributed by atoms with E-state index in [1.54, 1.807) is 31.1 Å². The Morgan fingerprint density at radius 3 is 2.52 bits per heavy atom. The van der Waals surface area contributed by atoms with Crippen LogP contribution in [0.4, 0.5) is 4.79 Å². The quantitative estimate of drug-likeness (QED) is 0.759. The summed E-state index contributed by atoms with van der Waals surface area (Å²) in [4.78, 5) is 19.9. The third-order valence-electron chi connectivity index (χ3n) is 3.26. The second kappa shape index (κ2) is 7.22. The zero-order chi connectivity index (χ0) is 15.9. The van der Waals surface area contributed by atoms with Crippen molar-refractivity contribution >= 4 is 6.03 Å². The van der Waals surface area contributed by atoms with Crippen LogP contribution in [0.3, 0.4) is 0 Å². The van der Waals surface area contributed by atoms with Crippen molar-refractivity contribution in [3.8, 4) is 11.3 Å². The summed E-state index contributed by atoms with van der Waals surface area (Å²) in [5.41, 5.74) is 2.78. The number of hydrogen-bond acceptors (Lipinski definition) is 4. The van der Waals surface area contributed by atoms with E-state index in [-0.39, 0.29) is 6.03 Å². The Kier molecular flexibility index (Phi) is 4.63. The van der Waals surface area contributed by atoms with E-state index >= 15 is 0 Å². The van der Waals surface area contributed by atoms with Gasteiger partial charge in [0.1, 0.15) is 5.76 Å². The van der Waals surface area contributed by atoms with Gasteiger partial charge in [-0.05, 0) is 41.5 Å². The molecule has 0 aliphatic rings. The standard InChI is InChI=1S/C17H16N4O2/c22-17(20-10-13-3-5-18-6-4-13)21-11-14-8-15(12-19-9-14)16-2-1-7-23-16/h1-9,12H,10-11H2,(H2,20,21,22). The van der Waals surface area contributed by atoms with Crippen LogP contribution in [0.1, 0.15) is 11.1 Å². The maximum absolute atomic E-state index is 11.8. The van der Waals surface area contributed by atoms with Crippen molar-refractivity contribution < 1.29 is 9.21 Å². The third-order valence-corrected chi connectivity index (χ3v) is 3.26. The van der Waals surface area contributed by atoms with E-state index < -0.39 is 0 Å². The first-order valence-electron chi connectivity index (χ1n) is 7.20. The largest absolute Gasteiger partial charge is 0.464 e. The van der Waals surface area contributed by atoms with Gasteiger partial charge in [-0.15, -0.1) is 0 Å². The molecule has 0 atom stereocenters. The highest BCUT2D eigenvalue weighted by Gasteiger charge is 2.04. The van der Waals surface area contributed by atoms with Crippen LogP contribution < -0.4 is 10.6 Å². The number of hydrogen-bond donors (Lipinski definition) is 2. The van der Waals surface area contributed by atoms with Crippen molar-refractivity contribution in [3.63, 3.8) is 0 Å². The van der Waals surface area contributed by atoms with Crippen LogP contribution in [0.5, 0.6) is 0 Å². The number of carbonyl (C=O) groups excluding carboxylic acids is 1. The molecular formula is C17H16N4O2. The van der Waals surface area contributed by atoms with Crippen LogP contribution in [-0.2, 0) is 13.1 Å². The lowest BCUT2D eigenvalue weighted by Gasteiger charge is -2.08. The fourth-order valence-corrected chi connectivity index (χ4v) is 2.09. The van der Waals surface area contributed by atoms with Gasteiger partial charge in [-0.1, -0.05) is 0 Å². The lowest BCUT2D eigenvalue weighted by Crippen LogP contribution is -2.34. The van der Waals surface area contributed by atoms with E-state index in [1.807, 2.05) is 30.3 Å². The first-order valence-corrected chi connectivity index (χ1v) is 7.20. The monoisotopic (exact) mass is 308 g/mol. The normalized spacial score (nSPS) is 10.3. The topological polar surface area (TPSA) is 80.0 Å². The predicted octanol–water partition coefficient (Wildman–Crippen LogP) is 2.74.